The summed E-state index contributed by atoms with van der Waals surface area (Å²) in [5, 5.41) is 11.7. The summed E-state index contributed by atoms with van der Waals surface area (Å²) in [6.45, 7) is 13.2. The molecule has 0 unspecified atom stereocenters. The molecule has 1 N–H and O–H groups in total. The Bertz CT molecular complexity index is 839. The van der Waals surface area contributed by atoms with Crippen LogP contribution < -0.4 is 5.32 Å². The van der Waals surface area contributed by atoms with Gasteiger partial charge in [-0.15, -0.1) is 10.2 Å². The van der Waals surface area contributed by atoms with E-state index in [2.05, 4.69) is 57.6 Å². The predicted octanol–water partition coefficient (Wildman–Crippen LogP) is 3.08. The van der Waals surface area contributed by atoms with Crippen LogP contribution in [0.15, 0.2) is 6.33 Å². The molecule has 3 saturated heterocycles. The predicted molar refractivity (Wildman–Crippen MR) is 132 cm³/mol. The van der Waals surface area contributed by atoms with Crippen molar-refractivity contribution in [2.45, 2.75) is 97.8 Å². The van der Waals surface area contributed by atoms with Crippen molar-refractivity contribution >= 4 is 11.8 Å². The average molecular weight is 473 g/mol. The molecule has 4 rings (SSSR count). The van der Waals surface area contributed by atoms with Crippen molar-refractivity contribution in [3.05, 3.63) is 12.2 Å². The third kappa shape index (κ3) is 5.99. The molecule has 8 nitrogen and oxygen atoms in total. The summed E-state index contributed by atoms with van der Waals surface area (Å²) in [7, 11) is 0. The molecule has 0 radical (unpaired) electrons. The highest BCUT2D eigenvalue weighted by atomic mass is 16.2. The lowest BCUT2D eigenvalue weighted by atomic mass is 9.77. The Morgan fingerprint density at radius 2 is 1.97 bits per heavy atom. The van der Waals surface area contributed by atoms with Gasteiger partial charge in [0.1, 0.15) is 12.2 Å². The van der Waals surface area contributed by atoms with Crippen LogP contribution >= 0.6 is 0 Å². The number of hydrogen-bond acceptors (Lipinski definition) is 5. The molecule has 0 aliphatic carbocycles. The van der Waals surface area contributed by atoms with Crippen LogP contribution in [0.1, 0.15) is 78.5 Å². The van der Waals surface area contributed by atoms with Gasteiger partial charge in [-0.2, -0.15) is 0 Å². The highest BCUT2D eigenvalue weighted by Gasteiger charge is 2.42. The third-order valence-electron chi connectivity index (χ3n) is 8.31. The second-order valence-corrected chi connectivity index (χ2v) is 11.4. The topological polar surface area (TPSA) is 83.4 Å². The van der Waals surface area contributed by atoms with E-state index >= 15 is 0 Å². The lowest BCUT2D eigenvalue weighted by molar-refractivity contribution is -0.142. The van der Waals surface area contributed by atoms with E-state index in [1.807, 2.05) is 6.33 Å². The summed E-state index contributed by atoms with van der Waals surface area (Å²) in [5.41, 5.74) is 0. The van der Waals surface area contributed by atoms with Gasteiger partial charge < -0.3 is 14.8 Å². The number of likely N-dealkylation sites (tertiary alicyclic amines) is 1. The number of rotatable bonds is 4. The Hall–Kier alpha value is -1.96. The highest BCUT2D eigenvalue weighted by molar-refractivity contribution is 5.77. The molecule has 3 aliphatic heterocycles. The van der Waals surface area contributed by atoms with Crippen LogP contribution in [0, 0.1) is 23.7 Å². The summed E-state index contributed by atoms with van der Waals surface area (Å²) in [6.07, 6.45) is 7.85. The van der Waals surface area contributed by atoms with E-state index in [4.69, 9.17) is 0 Å². The van der Waals surface area contributed by atoms with Crippen LogP contribution in [0.4, 0.5) is 0 Å². The minimum Gasteiger partial charge on any atom is -0.353 e. The van der Waals surface area contributed by atoms with Crippen molar-refractivity contribution in [1.29, 1.82) is 0 Å². The van der Waals surface area contributed by atoms with E-state index in [1.165, 1.54) is 6.42 Å². The molecule has 8 heteroatoms. The smallest absolute Gasteiger partial charge is 0.223 e. The maximum Gasteiger partial charge on any atom is 0.223 e. The lowest BCUT2D eigenvalue weighted by Gasteiger charge is -2.51. The summed E-state index contributed by atoms with van der Waals surface area (Å²) in [4.78, 5) is 30.9. The number of aryl methyl sites for hydroxylation is 1. The Labute approximate surface area is 204 Å². The average Bonchev–Trinajstić information content (AvgIpc) is 3.24. The minimum absolute atomic E-state index is 0.168. The van der Waals surface area contributed by atoms with Crippen LogP contribution in [-0.4, -0.2) is 68.1 Å². The summed E-state index contributed by atoms with van der Waals surface area (Å²) < 4.78 is 2.11. The molecule has 3 fully saturated rings. The molecule has 34 heavy (non-hydrogen) atoms. The van der Waals surface area contributed by atoms with Crippen LogP contribution in [0.3, 0.4) is 0 Å². The molecule has 190 valence electrons. The molecule has 3 aliphatic rings. The van der Waals surface area contributed by atoms with Crippen molar-refractivity contribution < 1.29 is 9.59 Å². The van der Waals surface area contributed by atoms with Crippen molar-refractivity contribution in [1.82, 2.24) is 29.9 Å². The van der Waals surface area contributed by atoms with Gasteiger partial charge in [0, 0.05) is 51.1 Å². The number of carbonyl (C=O) groups is 2. The van der Waals surface area contributed by atoms with Gasteiger partial charge in [-0.05, 0) is 62.7 Å². The zero-order valence-electron chi connectivity index (χ0n) is 21.6. The zero-order valence-corrected chi connectivity index (χ0v) is 21.6. The van der Waals surface area contributed by atoms with Crippen molar-refractivity contribution in [3.63, 3.8) is 0 Å². The number of aromatic nitrogens is 3. The van der Waals surface area contributed by atoms with Gasteiger partial charge in [0.15, 0.2) is 0 Å². The van der Waals surface area contributed by atoms with Crippen molar-refractivity contribution in [2.75, 3.05) is 19.6 Å². The molecule has 1 aromatic heterocycles. The zero-order chi connectivity index (χ0) is 24.2. The van der Waals surface area contributed by atoms with Gasteiger partial charge in [-0.25, -0.2) is 0 Å². The van der Waals surface area contributed by atoms with Gasteiger partial charge in [0.2, 0.25) is 11.8 Å². The van der Waals surface area contributed by atoms with Crippen LogP contribution in [0.5, 0.6) is 0 Å². The summed E-state index contributed by atoms with van der Waals surface area (Å²) in [6, 6.07) is 0.434. The fourth-order valence-corrected chi connectivity index (χ4v) is 6.40. The van der Waals surface area contributed by atoms with E-state index < -0.39 is 0 Å². The number of fused-ring (bicyclic) bond motifs is 4. The Kier molecular flexibility index (Phi) is 8.27. The molecular formula is C26H44N6O2. The monoisotopic (exact) mass is 472 g/mol. The Morgan fingerprint density at radius 1 is 1.15 bits per heavy atom. The van der Waals surface area contributed by atoms with Crippen LogP contribution in [0.2, 0.25) is 0 Å². The number of nitrogens with one attached hydrogen (secondary N) is 1. The summed E-state index contributed by atoms with van der Waals surface area (Å²) in [5.74, 6) is 3.23. The molecule has 0 aromatic carbocycles. The fraction of sp³-hybridized carbons (Fsp3) is 0.846. The molecule has 0 spiro atoms. The first-order valence-electron chi connectivity index (χ1n) is 13.5. The minimum atomic E-state index is 0.168. The molecule has 2 amide bonds. The number of amides is 2. The maximum atomic E-state index is 13.5. The van der Waals surface area contributed by atoms with Gasteiger partial charge in [0.05, 0.1) is 6.54 Å². The van der Waals surface area contributed by atoms with E-state index in [1.54, 1.807) is 0 Å². The van der Waals surface area contributed by atoms with Crippen molar-refractivity contribution in [2.24, 2.45) is 23.7 Å². The first-order chi connectivity index (χ1) is 16.3. The first kappa shape index (κ1) is 25.1. The van der Waals surface area contributed by atoms with Crippen LogP contribution in [-0.2, 0) is 22.7 Å². The maximum absolute atomic E-state index is 13.5. The summed E-state index contributed by atoms with van der Waals surface area (Å²) >= 11 is 0. The third-order valence-corrected chi connectivity index (χ3v) is 8.31. The quantitative estimate of drug-likeness (QED) is 0.728. The van der Waals surface area contributed by atoms with Crippen LogP contribution in [0.25, 0.3) is 0 Å². The molecule has 2 bridgehead atoms. The molecule has 1 aromatic rings. The van der Waals surface area contributed by atoms with Crippen molar-refractivity contribution in [3.8, 4) is 0 Å². The number of nitrogens with zero attached hydrogens (tertiary/aromatic N) is 5. The molecular weight excluding hydrogens is 428 g/mol. The molecule has 0 saturated carbocycles. The number of carbonyl (C=O) groups excluding carboxylic acids is 2. The van der Waals surface area contributed by atoms with E-state index in [9.17, 15) is 9.59 Å². The van der Waals surface area contributed by atoms with Gasteiger partial charge in [0.25, 0.3) is 0 Å². The second kappa shape index (κ2) is 11.2. The van der Waals surface area contributed by atoms with Gasteiger partial charge >= 0.3 is 0 Å². The molecule has 5 atom stereocenters. The Morgan fingerprint density at radius 3 is 2.74 bits per heavy atom. The largest absolute Gasteiger partial charge is 0.353 e. The van der Waals surface area contributed by atoms with E-state index in [0.717, 1.165) is 64.2 Å². The SMILES string of the molecule is CCn1cnnc1CN1C[C@@H]2C[C@@H](C1)[C@@H]1CCCC(=O)N[C@H](C(C)C)CC[C@@H](C)CC(=O)N1C2. The van der Waals surface area contributed by atoms with E-state index in [-0.39, 0.29) is 18.0 Å². The highest BCUT2D eigenvalue weighted by Crippen LogP contribution is 2.37. The standard InChI is InChI=1S/C26H44N6O2/c1-5-31-17-27-29-24(31)16-30-13-20-12-21(15-30)23-7-6-8-25(33)28-22(18(2)3)10-9-19(4)11-26(34)32(23)14-20/h17-23H,5-16H2,1-4H3,(H,28,33)/t19-,20+,21+,22+,23+/m1/s1. The molecule has 4 heterocycles. The van der Waals surface area contributed by atoms with E-state index in [0.29, 0.717) is 42.4 Å². The van der Waals surface area contributed by atoms with Gasteiger partial charge in [-0.1, -0.05) is 20.8 Å². The fourth-order valence-electron chi connectivity index (χ4n) is 6.40. The Balaban J connectivity index is 1.47. The number of hydrogen-bond donors (Lipinski definition) is 1. The number of piperidine rings is 2. The normalized spacial score (nSPS) is 31.9. The first-order valence-corrected chi connectivity index (χ1v) is 13.5. The lowest BCUT2D eigenvalue weighted by Crippen LogP contribution is -2.59. The second-order valence-electron chi connectivity index (χ2n) is 11.4. The van der Waals surface area contributed by atoms with Gasteiger partial charge in [-0.3, -0.25) is 14.5 Å².